The molecule has 0 saturated heterocycles. The molecule has 2 rings (SSSR count). The molecule has 0 radical (unpaired) electrons. The smallest absolute Gasteiger partial charge is 0.103 e. The van der Waals surface area contributed by atoms with Crippen LogP contribution in [0, 0.1) is 23.7 Å². The molecule has 2 aromatic rings. The van der Waals surface area contributed by atoms with E-state index in [1.165, 1.54) is 0 Å². The van der Waals surface area contributed by atoms with Gasteiger partial charge in [-0.1, -0.05) is 29.7 Å². The third-order valence-electron chi connectivity index (χ3n) is 2.43. The Morgan fingerprint density at radius 3 is 2.67 bits per heavy atom. The predicted molar refractivity (Wildman–Crippen MR) is 73.8 cm³/mol. The number of halogens is 1. The van der Waals surface area contributed by atoms with Crippen molar-refractivity contribution in [2.45, 2.75) is 0 Å². The van der Waals surface area contributed by atoms with Crippen LogP contribution in [0.3, 0.4) is 0 Å². The fourth-order valence-electron chi connectivity index (χ4n) is 1.58. The first kappa shape index (κ1) is 12.0. The topological polar surface area (TPSA) is 35.8 Å². The highest BCUT2D eigenvalue weighted by molar-refractivity contribution is 6.32. The molecule has 0 bridgehead atoms. The van der Waals surface area contributed by atoms with Crippen LogP contribution in [-0.4, -0.2) is 0 Å². The fourth-order valence-corrected chi connectivity index (χ4v) is 1.80. The number of nitrogens with zero attached hydrogens (tertiary/aromatic N) is 1. The molecular formula is C15H9ClN2. The van der Waals surface area contributed by atoms with Gasteiger partial charge in [-0.2, -0.15) is 5.26 Å². The molecule has 86 valence electrons. The van der Waals surface area contributed by atoms with E-state index in [1.54, 1.807) is 18.2 Å². The maximum Gasteiger partial charge on any atom is 0.103 e. The van der Waals surface area contributed by atoms with Crippen LogP contribution in [0.2, 0.25) is 5.02 Å². The Morgan fingerprint density at radius 2 is 1.94 bits per heavy atom. The molecule has 0 aliphatic rings. The van der Waals surface area contributed by atoms with E-state index in [1.807, 2.05) is 24.3 Å². The van der Waals surface area contributed by atoms with Gasteiger partial charge in [0.1, 0.15) is 6.07 Å². The second kappa shape index (κ2) is 5.27. The molecule has 1 N–H and O–H groups in total. The average molecular weight is 253 g/mol. The van der Waals surface area contributed by atoms with Crippen molar-refractivity contribution in [1.82, 2.24) is 0 Å². The SMILES string of the molecule is C#Cc1cccc(Nc2cccc(Cl)c2C#N)c1. The summed E-state index contributed by atoms with van der Waals surface area (Å²) < 4.78 is 0. The molecule has 0 aromatic heterocycles. The van der Waals surface area contributed by atoms with Crippen LogP contribution >= 0.6 is 11.6 Å². The van der Waals surface area contributed by atoms with Crippen LogP contribution in [0.25, 0.3) is 0 Å². The lowest BCUT2D eigenvalue weighted by molar-refractivity contribution is 1.46. The number of nitriles is 1. The number of nitrogens with one attached hydrogen (secondary N) is 1. The Bertz CT molecular complexity index is 663. The standard InChI is InChI=1S/C15H9ClN2/c1-2-11-5-3-6-12(9-11)18-15-8-4-7-14(16)13(15)10-17/h1,3-9,18H. The lowest BCUT2D eigenvalue weighted by Crippen LogP contribution is -1.94. The molecule has 2 aromatic carbocycles. The molecule has 0 saturated carbocycles. The van der Waals surface area contributed by atoms with E-state index in [4.69, 9.17) is 23.3 Å². The molecular weight excluding hydrogens is 244 g/mol. The lowest BCUT2D eigenvalue weighted by Gasteiger charge is -2.09. The second-order valence-electron chi connectivity index (χ2n) is 3.62. The summed E-state index contributed by atoms with van der Waals surface area (Å²) in [6.07, 6.45) is 5.34. The van der Waals surface area contributed by atoms with Crippen molar-refractivity contribution in [2.24, 2.45) is 0 Å². The lowest BCUT2D eigenvalue weighted by atomic mass is 10.1. The van der Waals surface area contributed by atoms with Crippen LogP contribution in [0.4, 0.5) is 11.4 Å². The van der Waals surface area contributed by atoms with Gasteiger partial charge >= 0.3 is 0 Å². The molecule has 18 heavy (non-hydrogen) atoms. The molecule has 0 heterocycles. The summed E-state index contributed by atoms with van der Waals surface area (Å²) in [6, 6.07) is 14.8. The van der Waals surface area contributed by atoms with Crippen LogP contribution in [0.15, 0.2) is 42.5 Å². The van der Waals surface area contributed by atoms with Crippen molar-refractivity contribution < 1.29 is 0 Å². The minimum atomic E-state index is 0.422. The number of anilines is 2. The van der Waals surface area contributed by atoms with Crippen molar-refractivity contribution >= 4 is 23.0 Å². The Balaban J connectivity index is 2.38. The summed E-state index contributed by atoms with van der Waals surface area (Å²) in [5.74, 6) is 2.56. The molecule has 0 unspecified atom stereocenters. The van der Waals surface area contributed by atoms with Gasteiger partial charge < -0.3 is 5.32 Å². The van der Waals surface area contributed by atoms with Crippen molar-refractivity contribution in [3.63, 3.8) is 0 Å². The molecule has 3 heteroatoms. The molecule has 0 aliphatic heterocycles. The van der Waals surface area contributed by atoms with E-state index in [9.17, 15) is 0 Å². The molecule has 0 fully saturated rings. The molecule has 2 nitrogen and oxygen atoms in total. The minimum absolute atomic E-state index is 0.422. The van der Waals surface area contributed by atoms with Gasteiger partial charge in [0.2, 0.25) is 0 Å². The van der Waals surface area contributed by atoms with Crippen LogP contribution in [0.1, 0.15) is 11.1 Å². The summed E-state index contributed by atoms with van der Waals surface area (Å²) in [7, 11) is 0. The van der Waals surface area contributed by atoms with Gasteiger partial charge in [0, 0.05) is 11.3 Å². The normalized spacial score (nSPS) is 9.28. The number of rotatable bonds is 2. The van der Waals surface area contributed by atoms with Gasteiger partial charge in [-0.15, -0.1) is 6.42 Å². The van der Waals surface area contributed by atoms with Gasteiger partial charge in [-0.05, 0) is 30.3 Å². The maximum atomic E-state index is 9.07. The summed E-state index contributed by atoms with van der Waals surface area (Å²) in [4.78, 5) is 0. The van der Waals surface area contributed by atoms with Crippen LogP contribution in [0.5, 0.6) is 0 Å². The zero-order chi connectivity index (χ0) is 13.0. The van der Waals surface area contributed by atoms with Gasteiger partial charge in [0.25, 0.3) is 0 Å². The first-order valence-corrected chi connectivity index (χ1v) is 5.64. The Kier molecular flexibility index (Phi) is 3.53. The average Bonchev–Trinajstić information content (AvgIpc) is 2.39. The Labute approximate surface area is 111 Å². The Hall–Kier alpha value is -2.42. The first-order valence-electron chi connectivity index (χ1n) is 5.27. The van der Waals surface area contributed by atoms with Gasteiger partial charge in [0.05, 0.1) is 16.3 Å². The highest BCUT2D eigenvalue weighted by atomic mass is 35.5. The van der Waals surface area contributed by atoms with E-state index in [-0.39, 0.29) is 0 Å². The zero-order valence-corrected chi connectivity index (χ0v) is 10.2. The molecule has 0 atom stereocenters. The van der Waals surface area contributed by atoms with Crippen molar-refractivity contribution in [3.05, 3.63) is 58.6 Å². The van der Waals surface area contributed by atoms with Gasteiger partial charge in [0.15, 0.2) is 0 Å². The van der Waals surface area contributed by atoms with Gasteiger partial charge in [-0.3, -0.25) is 0 Å². The van der Waals surface area contributed by atoms with E-state index >= 15 is 0 Å². The zero-order valence-electron chi connectivity index (χ0n) is 9.44. The number of benzene rings is 2. The van der Waals surface area contributed by atoms with Crippen molar-refractivity contribution in [3.8, 4) is 18.4 Å². The number of hydrogen-bond acceptors (Lipinski definition) is 2. The third kappa shape index (κ3) is 2.46. The van der Waals surface area contributed by atoms with Crippen molar-refractivity contribution in [1.29, 1.82) is 5.26 Å². The summed E-state index contributed by atoms with van der Waals surface area (Å²) in [5.41, 5.74) is 2.69. The number of terminal acetylenes is 1. The third-order valence-corrected chi connectivity index (χ3v) is 2.75. The summed E-state index contributed by atoms with van der Waals surface area (Å²) in [6.45, 7) is 0. The van der Waals surface area contributed by atoms with E-state index < -0.39 is 0 Å². The van der Waals surface area contributed by atoms with Crippen molar-refractivity contribution in [2.75, 3.05) is 5.32 Å². The summed E-state index contributed by atoms with van der Waals surface area (Å²) in [5, 5.41) is 12.6. The highest BCUT2D eigenvalue weighted by Gasteiger charge is 2.06. The van der Waals surface area contributed by atoms with Gasteiger partial charge in [-0.25, -0.2) is 0 Å². The largest absolute Gasteiger partial charge is 0.354 e. The molecule has 0 amide bonds. The highest BCUT2D eigenvalue weighted by Crippen LogP contribution is 2.26. The second-order valence-corrected chi connectivity index (χ2v) is 4.03. The van der Waals surface area contributed by atoms with Crippen LogP contribution < -0.4 is 5.32 Å². The van der Waals surface area contributed by atoms with Crippen LogP contribution in [-0.2, 0) is 0 Å². The first-order chi connectivity index (χ1) is 8.74. The monoisotopic (exact) mass is 252 g/mol. The molecule has 0 spiro atoms. The summed E-state index contributed by atoms with van der Waals surface area (Å²) >= 11 is 5.96. The fraction of sp³-hybridized carbons (Fsp3) is 0. The number of hydrogen-bond donors (Lipinski definition) is 1. The molecule has 0 aliphatic carbocycles. The Morgan fingerprint density at radius 1 is 1.17 bits per heavy atom. The van der Waals surface area contributed by atoms with E-state index in [2.05, 4.69) is 17.3 Å². The van der Waals surface area contributed by atoms with E-state index in [0.29, 0.717) is 16.3 Å². The quantitative estimate of drug-likeness (QED) is 0.822. The maximum absolute atomic E-state index is 9.07. The van der Waals surface area contributed by atoms with E-state index in [0.717, 1.165) is 11.3 Å². The minimum Gasteiger partial charge on any atom is -0.354 e. The predicted octanol–water partition coefficient (Wildman–Crippen LogP) is 3.94.